The van der Waals surface area contributed by atoms with Gasteiger partial charge in [-0.05, 0) is 5.56 Å². The summed E-state index contributed by atoms with van der Waals surface area (Å²) >= 11 is 0. The molecule has 92 valence electrons. The number of aromatic nitrogens is 2. The van der Waals surface area contributed by atoms with Gasteiger partial charge in [0, 0.05) is 18.8 Å². The SMILES string of the molecule is NC(=O)C(Cc1ccccc1)Nc1cnccn1. The second-order valence-corrected chi connectivity index (χ2v) is 3.88. The van der Waals surface area contributed by atoms with Crippen molar-refractivity contribution >= 4 is 11.7 Å². The van der Waals surface area contributed by atoms with Gasteiger partial charge in [-0.15, -0.1) is 0 Å². The first-order valence-electron chi connectivity index (χ1n) is 5.61. The van der Waals surface area contributed by atoms with Crippen molar-refractivity contribution in [2.45, 2.75) is 12.5 Å². The normalized spacial score (nSPS) is 11.8. The van der Waals surface area contributed by atoms with Crippen LogP contribution in [0.3, 0.4) is 0 Å². The van der Waals surface area contributed by atoms with Gasteiger partial charge in [0.05, 0.1) is 6.20 Å². The molecule has 0 radical (unpaired) electrons. The first-order chi connectivity index (χ1) is 8.75. The smallest absolute Gasteiger partial charge is 0.240 e. The van der Waals surface area contributed by atoms with Crippen LogP contribution in [0.2, 0.25) is 0 Å². The van der Waals surface area contributed by atoms with Crippen molar-refractivity contribution in [3.05, 3.63) is 54.5 Å². The van der Waals surface area contributed by atoms with E-state index in [4.69, 9.17) is 5.73 Å². The van der Waals surface area contributed by atoms with Crippen molar-refractivity contribution in [3.8, 4) is 0 Å². The molecule has 0 aliphatic carbocycles. The van der Waals surface area contributed by atoms with Crippen molar-refractivity contribution in [1.29, 1.82) is 0 Å². The molecule has 2 rings (SSSR count). The van der Waals surface area contributed by atoms with Gasteiger partial charge in [-0.25, -0.2) is 4.98 Å². The Morgan fingerprint density at radius 2 is 2.06 bits per heavy atom. The maximum absolute atomic E-state index is 11.4. The predicted octanol–water partition coefficient (Wildman–Crippen LogP) is 0.985. The average molecular weight is 242 g/mol. The third kappa shape index (κ3) is 3.28. The zero-order chi connectivity index (χ0) is 12.8. The topological polar surface area (TPSA) is 80.9 Å². The third-order valence-electron chi connectivity index (χ3n) is 2.51. The number of amides is 1. The molecule has 3 N–H and O–H groups in total. The van der Waals surface area contributed by atoms with Crippen LogP contribution in [0.15, 0.2) is 48.9 Å². The van der Waals surface area contributed by atoms with E-state index in [1.54, 1.807) is 18.6 Å². The molecule has 5 nitrogen and oxygen atoms in total. The number of rotatable bonds is 5. The number of nitrogens with zero attached hydrogens (tertiary/aromatic N) is 2. The molecule has 1 amide bonds. The lowest BCUT2D eigenvalue weighted by Gasteiger charge is -2.15. The predicted molar refractivity (Wildman–Crippen MR) is 68.8 cm³/mol. The molecule has 5 heteroatoms. The number of anilines is 1. The minimum absolute atomic E-state index is 0.412. The molecule has 1 heterocycles. The lowest BCUT2D eigenvalue weighted by atomic mass is 10.1. The molecule has 0 saturated heterocycles. The summed E-state index contributed by atoms with van der Waals surface area (Å²) in [5.41, 5.74) is 6.42. The van der Waals surface area contributed by atoms with E-state index in [1.807, 2.05) is 30.3 Å². The highest BCUT2D eigenvalue weighted by Crippen LogP contribution is 2.07. The summed E-state index contributed by atoms with van der Waals surface area (Å²) in [6.07, 6.45) is 5.21. The summed E-state index contributed by atoms with van der Waals surface area (Å²) in [7, 11) is 0. The van der Waals surface area contributed by atoms with Crippen molar-refractivity contribution < 1.29 is 4.79 Å². The maximum atomic E-state index is 11.4. The molecular formula is C13H14N4O. The Morgan fingerprint density at radius 3 is 2.67 bits per heavy atom. The zero-order valence-corrected chi connectivity index (χ0v) is 9.78. The van der Waals surface area contributed by atoms with Crippen LogP contribution < -0.4 is 11.1 Å². The quantitative estimate of drug-likeness (QED) is 0.819. The summed E-state index contributed by atoms with van der Waals surface area (Å²) in [6, 6.07) is 9.19. The van der Waals surface area contributed by atoms with Crippen molar-refractivity contribution in [2.75, 3.05) is 5.32 Å². The van der Waals surface area contributed by atoms with Gasteiger partial charge in [0.15, 0.2) is 0 Å². The Morgan fingerprint density at radius 1 is 1.28 bits per heavy atom. The average Bonchev–Trinajstić information content (AvgIpc) is 2.40. The molecule has 0 spiro atoms. The van der Waals surface area contributed by atoms with E-state index in [0.717, 1.165) is 5.56 Å². The van der Waals surface area contributed by atoms with E-state index in [9.17, 15) is 4.79 Å². The number of carbonyl (C=O) groups excluding carboxylic acids is 1. The number of hydrogen-bond acceptors (Lipinski definition) is 4. The number of nitrogens with one attached hydrogen (secondary N) is 1. The fourth-order valence-electron chi connectivity index (χ4n) is 1.62. The van der Waals surface area contributed by atoms with Crippen molar-refractivity contribution in [2.24, 2.45) is 5.73 Å². The molecule has 2 aromatic rings. The van der Waals surface area contributed by atoms with Crippen LogP contribution in [-0.2, 0) is 11.2 Å². The Hall–Kier alpha value is -2.43. The molecule has 18 heavy (non-hydrogen) atoms. The zero-order valence-electron chi connectivity index (χ0n) is 9.78. The van der Waals surface area contributed by atoms with Gasteiger partial charge < -0.3 is 11.1 Å². The monoisotopic (exact) mass is 242 g/mol. The highest BCUT2D eigenvalue weighted by Gasteiger charge is 2.16. The van der Waals surface area contributed by atoms with Gasteiger partial charge in [-0.3, -0.25) is 9.78 Å². The first kappa shape index (κ1) is 12.0. The van der Waals surface area contributed by atoms with Crippen LogP contribution in [0.1, 0.15) is 5.56 Å². The summed E-state index contributed by atoms with van der Waals surface area (Å²) in [4.78, 5) is 19.4. The summed E-state index contributed by atoms with van der Waals surface area (Å²) in [6.45, 7) is 0. The third-order valence-corrected chi connectivity index (χ3v) is 2.51. The first-order valence-corrected chi connectivity index (χ1v) is 5.61. The van der Waals surface area contributed by atoms with E-state index in [1.165, 1.54) is 0 Å². The largest absolute Gasteiger partial charge is 0.368 e. The van der Waals surface area contributed by atoms with E-state index in [0.29, 0.717) is 12.2 Å². The van der Waals surface area contributed by atoms with Crippen LogP contribution >= 0.6 is 0 Å². The fourth-order valence-corrected chi connectivity index (χ4v) is 1.62. The Labute approximate surface area is 105 Å². The van der Waals surface area contributed by atoms with Crippen molar-refractivity contribution in [1.82, 2.24) is 9.97 Å². The minimum Gasteiger partial charge on any atom is -0.368 e. The highest BCUT2D eigenvalue weighted by molar-refractivity contribution is 5.82. The number of hydrogen-bond donors (Lipinski definition) is 2. The Bertz CT molecular complexity index is 459. The van der Waals surface area contributed by atoms with Gasteiger partial charge in [0.2, 0.25) is 5.91 Å². The van der Waals surface area contributed by atoms with Gasteiger partial charge in [-0.1, -0.05) is 30.3 Å². The molecule has 1 atom stereocenters. The Kier molecular flexibility index (Phi) is 3.86. The summed E-state index contributed by atoms with van der Waals surface area (Å²) < 4.78 is 0. The van der Waals surface area contributed by atoms with E-state index in [2.05, 4.69) is 15.3 Å². The van der Waals surface area contributed by atoms with Gasteiger partial charge in [0.1, 0.15) is 11.9 Å². The molecule has 0 fully saturated rings. The molecular weight excluding hydrogens is 228 g/mol. The molecule has 0 aliphatic rings. The van der Waals surface area contributed by atoms with E-state index >= 15 is 0 Å². The molecule has 1 aromatic carbocycles. The molecule has 1 aromatic heterocycles. The lowest BCUT2D eigenvalue weighted by molar-refractivity contribution is -0.118. The van der Waals surface area contributed by atoms with Gasteiger partial charge in [-0.2, -0.15) is 0 Å². The maximum Gasteiger partial charge on any atom is 0.240 e. The summed E-state index contributed by atoms with van der Waals surface area (Å²) in [5, 5.41) is 2.98. The Balaban J connectivity index is 2.08. The van der Waals surface area contributed by atoms with Crippen LogP contribution in [0.4, 0.5) is 5.82 Å². The number of primary amides is 1. The van der Waals surface area contributed by atoms with Crippen LogP contribution in [0.5, 0.6) is 0 Å². The molecule has 0 aliphatic heterocycles. The van der Waals surface area contributed by atoms with E-state index in [-0.39, 0.29) is 0 Å². The number of carbonyl (C=O) groups is 1. The fraction of sp³-hybridized carbons (Fsp3) is 0.154. The number of benzene rings is 1. The minimum atomic E-state index is -0.496. The van der Waals surface area contributed by atoms with Crippen LogP contribution in [0, 0.1) is 0 Å². The molecule has 0 bridgehead atoms. The van der Waals surface area contributed by atoms with Gasteiger partial charge >= 0.3 is 0 Å². The van der Waals surface area contributed by atoms with Gasteiger partial charge in [0.25, 0.3) is 0 Å². The lowest BCUT2D eigenvalue weighted by Crippen LogP contribution is -2.37. The van der Waals surface area contributed by atoms with Crippen molar-refractivity contribution in [3.63, 3.8) is 0 Å². The second kappa shape index (κ2) is 5.77. The molecule has 0 saturated carbocycles. The number of nitrogens with two attached hydrogens (primary N) is 1. The highest BCUT2D eigenvalue weighted by atomic mass is 16.1. The molecule has 1 unspecified atom stereocenters. The van der Waals surface area contributed by atoms with Crippen LogP contribution in [0.25, 0.3) is 0 Å². The van der Waals surface area contributed by atoms with Crippen LogP contribution in [-0.4, -0.2) is 21.9 Å². The standard InChI is InChI=1S/C13H14N4O/c14-13(18)11(8-10-4-2-1-3-5-10)17-12-9-15-6-7-16-12/h1-7,9,11H,8H2,(H2,14,18)(H,16,17). The second-order valence-electron chi connectivity index (χ2n) is 3.88. The summed E-state index contributed by atoms with van der Waals surface area (Å²) in [5.74, 6) is 0.127. The van der Waals surface area contributed by atoms with E-state index < -0.39 is 11.9 Å².